The van der Waals surface area contributed by atoms with Crippen LogP contribution in [0.2, 0.25) is 0 Å². The van der Waals surface area contributed by atoms with Gasteiger partial charge in [0.25, 0.3) is 0 Å². The molecular formula is C29H31NO7. The minimum Gasteiger partial charge on any atom is -0.493 e. The third-order valence-electron chi connectivity index (χ3n) is 5.48. The smallest absolute Gasteiger partial charge is 0.203 e. The molecule has 3 aromatic carbocycles. The van der Waals surface area contributed by atoms with Gasteiger partial charge in [-0.15, -0.1) is 0 Å². The van der Waals surface area contributed by atoms with Crippen LogP contribution in [0.25, 0.3) is 12.2 Å². The highest BCUT2D eigenvalue weighted by Gasteiger charge is 2.16. The normalized spacial score (nSPS) is 10.9. The predicted octanol–water partition coefficient (Wildman–Crippen LogP) is 5.72. The number of carbonyl (C=O) groups is 1. The molecule has 0 bridgehead atoms. The second-order valence-electron chi connectivity index (χ2n) is 7.67. The van der Waals surface area contributed by atoms with Gasteiger partial charge in [0.05, 0.1) is 42.7 Å². The highest BCUT2D eigenvalue weighted by molar-refractivity contribution is 6.05. The highest BCUT2D eigenvalue weighted by atomic mass is 16.5. The van der Waals surface area contributed by atoms with Gasteiger partial charge in [-0.25, -0.2) is 0 Å². The first kappa shape index (κ1) is 27.0. The van der Waals surface area contributed by atoms with Crippen molar-refractivity contribution in [3.8, 4) is 34.5 Å². The number of allylic oxidation sites excluding steroid dienone is 1. The van der Waals surface area contributed by atoms with Gasteiger partial charge in [-0.05, 0) is 47.5 Å². The summed E-state index contributed by atoms with van der Waals surface area (Å²) in [6.45, 7) is 0. The van der Waals surface area contributed by atoms with Crippen LogP contribution in [0.15, 0.2) is 60.8 Å². The highest BCUT2D eigenvalue weighted by Crippen LogP contribution is 2.39. The van der Waals surface area contributed by atoms with Crippen LogP contribution in [-0.4, -0.2) is 48.4 Å². The van der Waals surface area contributed by atoms with Gasteiger partial charge < -0.3 is 33.7 Å². The maximum atomic E-state index is 12.7. The third kappa shape index (κ3) is 6.55. The zero-order valence-electron chi connectivity index (χ0n) is 21.8. The number of benzene rings is 3. The average molecular weight is 506 g/mol. The Kier molecular flexibility index (Phi) is 9.43. The maximum Gasteiger partial charge on any atom is 0.203 e. The molecule has 0 spiro atoms. The molecule has 0 saturated carbocycles. The molecule has 194 valence electrons. The number of carbonyl (C=O) groups excluding carboxylic acids is 1. The summed E-state index contributed by atoms with van der Waals surface area (Å²) >= 11 is 0. The first-order chi connectivity index (χ1) is 18.0. The SMILES string of the molecule is COc1cc(/C=C\c2cccc(N/C=C\C(=O)c3cc(OC)c(OC)c(OC)c3)c2)cc(OC)c1OC. The fourth-order valence-electron chi connectivity index (χ4n) is 3.66. The van der Waals surface area contributed by atoms with E-state index in [0.717, 1.165) is 16.8 Å². The third-order valence-corrected chi connectivity index (χ3v) is 5.48. The molecule has 1 N–H and O–H groups in total. The Hall–Kier alpha value is -4.59. The molecule has 8 nitrogen and oxygen atoms in total. The summed E-state index contributed by atoms with van der Waals surface area (Å²) in [5.41, 5.74) is 3.09. The molecule has 0 amide bonds. The van der Waals surface area contributed by atoms with E-state index in [2.05, 4.69) is 5.32 Å². The molecule has 0 aliphatic carbocycles. The van der Waals surface area contributed by atoms with Crippen molar-refractivity contribution >= 4 is 23.6 Å². The van der Waals surface area contributed by atoms with Crippen LogP contribution in [0, 0.1) is 0 Å². The summed E-state index contributed by atoms with van der Waals surface area (Å²) in [5, 5.41) is 3.14. The van der Waals surface area contributed by atoms with E-state index in [1.165, 1.54) is 27.4 Å². The van der Waals surface area contributed by atoms with Gasteiger partial charge in [-0.1, -0.05) is 24.3 Å². The topological polar surface area (TPSA) is 84.5 Å². The first-order valence-corrected chi connectivity index (χ1v) is 11.3. The molecule has 3 rings (SSSR count). The first-order valence-electron chi connectivity index (χ1n) is 11.3. The number of rotatable bonds is 12. The van der Waals surface area contributed by atoms with E-state index in [1.807, 2.05) is 48.6 Å². The van der Waals surface area contributed by atoms with Crippen LogP contribution in [0.4, 0.5) is 5.69 Å². The van der Waals surface area contributed by atoms with Crippen molar-refractivity contribution in [1.29, 1.82) is 0 Å². The average Bonchev–Trinajstić information content (AvgIpc) is 2.94. The zero-order chi connectivity index (χ0) is 26.8. The van der Waals surface area contributed by atoms with E-state index in [0.29, 0.717) is 40.1 Å². The molecule has 8 heteroatoms. The Morgan fingerprint density at radius 3 is 1.68 bits per heavy atom. The van der Waals surface area contributed by atoms with E-state index in [1.54, 1.807) is 39.7 Å². The van der Waals surface area contributed by atoms with E-state index in [-0.39, 0.29) is 5.78 Å². The van der Waals surface area contributed by atoms with Crippen molar-refractivity contribution in [3.05, 3.63) is 77.5 Å². The van der Waals surface area contributed by atoms with Crippen molar-refractivity contribution in [2.75, 3.05) is 48.0 Å². The number of ketones is 1. The van der Waals surface area contributed by atoms with Gasteiger partial charge >= 0.3 is 0 Å². The van der Waals surface area contributed by atoms with Gasteiger partial charge in [0, 0.05) is 23.5 Å². The van der Waals surface area contributed by atoms with Crippen LogP contribution in [0.3, 0.4) is 0 Å². The number of methoxy groups -OCH3 is 6. The van der Waals surface area contributed by atoms with Crippen molar-refractivity contribution in [2.24, 2.45) is 0 Å². The summed E-state index contributed by atoms with van der Waals surface area (Å²) in [6.07, 6.45) is 6.96. The quantitative estimate of drug-likeness (QED) is 0.190. The predicted molar refractivity (Wildman–Crippen MR) is 145 cm³/mol. The van der Waals surface area contributed by atoms with E-state index < -0.39 is 0 Å². The lowest BCUT2D eigenvalue weighted by Crippen LogP contribution is -2.01. The van der Waals surface area contributed by atoms with E-state index in [4.69, 9.17) is 28.4 Å². The van der Waals surface area contributed by atoms with Gasteiger partial charge in [0.15, 0.2) is 28.8 Å². The summed E-state index contributed by atoms with van der Waals surface area (Å²) in [4.78, 5) is 12.7. The molecule has 0 unspecified atom stereocenters. The lowest BCUT2D eigenvalue weighted by Gasteiger charge is -2.13. The molecule has 0 fully saturated rings. The molecule has 0 atom stereocenters. The second kappa shape index (κ2) is 12.9. The summed E-state index contributed by atoms with van der Waals surface area (Å²) in [7, 11) is 9.26. The van der Waals surface area contributed by atoms with Crippen LogP contribution in [0.5, 0.6) is 34.5 Å². The molecule has 0 radical (unpaired) electrons. The Bertz CT molecular complexity index is 1250. The van der Waals surface area contributed by atoms with Crippen LogP contribution < -0.4 is 33.7 Å². The number of ether oxygens (including phenoxy) is 6. The van der Waals surface area contributed by atoms with Gasteiger partial charge in [0.2, 0.25) is 11.5 Å². The maximum absolute atomic E-state index is 12.7. The molecule has 0 saturated heterocycles. The van der Waals surface area contributed by atoms with Crippen LogP contribution >= 0.6 is 0 Å². The molecule has 0 heterocycles. The second-order valence-corrected chi connectivity index (χ2v) is 7.67. The number of anilines is 1. The summed E-state index contributed by atoms with van der Waals surface area (Å²) < 4.78 is 32.2. The number of nitrogens with one attached hydrogen (secondary N) is 1. The van der Waals surface area contributed by atoms with Crippen LogP contribution in [-0.2, 0) is 0 Å². The van der Waals surface area contributed by atoms with E-state index in [9.17, 15) is 4.79 Å². The molecule has 37 heavy (non-hydrogen) atoms. The fraction of sp³-hybridized carbons (Fsp3) is 0.207. The van der Waals surface area contributed by atoms with Gasteiger partial charge in [-0.2, -0.15) is 0 Å². The van der Waals surface area contributed by atoms with Crippen molar-refractivity contribution < 1.29 is 33.2 Å². The minimum atomic E-state index is -0.217. The monoisotopic (exact) mass is 505 g/mol. The van der Waals surface area contributed by atoms with Crippen molar-refractivity contribution in [3.63, 3.8) is 0 Å². The Labute approximate surface area is 217 Å². The largest absolute Gasteiger partial charge is 0.493 e. The summed E-state index contributed by atoms with van der Waals surface area (Å²) in [6, 6.07) is 14.7. The number of hydrogen-bond acceptors (Lipinski definition) is 8. The van der Waals surface area contributed by atoms with Crippen molar-refractivity contribution in [2.45, 2.75) is 0 Å². The molecule has 0 aromatic heterocycles. The summed E-state index contributed by atoms with van der Waals surface area (Å²) in [5.74, 6) is 2.75. The zero-order valence-corrected chi connectivity index (χ0v) is 21.8. The molecule has 0 aliphatic rings. The lowest BCUT2D eigenvalue weighted by atomic mass is 10.1. The molecule has 0 aliphatic heterocycles. The fourth-order valence-corrected chi connectivity index (χ4v) is 3.66. The Morgan fingerprint density at radius 2 is 1.16 bits per heavy atom. The minimum absolute atomic E-state index is 0.217. The van der Waals surface area contributed by atoms with Gasteiger partial charge in [0.1, 0.15) is 0 Å². The lowest BCUT2D eigenvalue weighted by molar-refractivity contribution is 0.104. The molecular weight excluding hydrogens is 474 g/mol. The standard InChI is InChI=1S/C29H31NO7/c1-32-24-15-20(16-25(33-2)28(24)36-5)11-10-19-8-7-9-22(14-19)30-13-12-23(31)21-17-26(34-3)29(37-6)27(18-21)35-4/h7-18,30H,1-6H3/b11-10-,13-12-. The van der Waals surface area contributed by atoms with E-state index >= 15 is 0 Å². The molecule has 3 aromatic rings. The van der Waals surface area contributed by atoms with Crippen LogP contribution in [0.1, 0.15) is 21.5 Å². The Balaban J connectivity index is 1.73. The number of hydrogen-bond donors (Lipinski definition) is 1. The van der Waals surface area contributed by atoms with Crippen molar-refractivity contribution in [1.82, 2.24) is 0 Å². The Morgan fingerprint density at radius 1 is 0.649 bits per heavy atom. The van der Waals surface area contributed by atoms with Gasteiger partial charge in [-0.3, -0.25) is 4.79 Å².